The number of nitrogens with one attached hydrogen (secondary N) is 2. The number of carbonyl (C=O) groups excluding carboxylic acids is 1. The van der Waals surface area contributed by atoms with E-state index >= 15 is 0 Å². The summed E-state index contributed by atoms with van der Waals surface area (Å²) in [5, 5.41) is 12.3. The predicted octanol–water partition coefficient (Wildman–Crippen LogP) is 3.99. The normalized spacial score (nSPS) is 12.1. The molecule has 0 aliphatic rings. The number of hydrogen-bond donors (Lipinski definition) is 3. The smallest absolute Gasteiger partial charge is 0.307 e. The summed E-state index contributed by atoms with van der Waals surface area (Å²) < 4.78 is 33.7. The highest BCUT2D eigenvalue weighted by Gasteiger charge is 2.27. The van der Waals surface area contributed by atoms with Crippen LogP contribution in [0.2, 0.25) is 10.0 Å². The molecule has 11 heteroatoms. The second-order valence-electron chi connectivity index (χ2n) is 7.15. The van der Waals surface area contributed by atoms with Crippen LogP contribution < -0.4 is 14.8 Å². The number of amides is 1. The molecule has 0 radical (unpaired) electrons. The lowest BCUT2D eigenvalue weighted by Gasteiger charge is -2.19. The van der Waals surface area contributed by atoms with Crippen LogP contribution in [0, 0.1) is 0 Å². The van der Waals surface area contributed by atoms with Crippen molar-refractivity contribution < 1.29 is 27.9 Å². The maximum Gasteiger partial charge on any atom is 0.307 e. The van der Waals surface area contributed by atoms with Crippen molar-refractivity contribution in [3.63, 3.8) is 0 Å². The van der Waals surface area contributed by atoms with Crippen molar-refractivity contribution in [2.75, 3.05) is 11.9 Å². The molecule has 1 atom stereocenters. The van der Waals surface area contributed by atoms with Crippen molar-refractivity contribution in [3.05, 3.63) is 88.4 Å². The summed E-state index contributed by atoms with van der Waals surface area (Å²) in [6.07, 6.45) is -0.161. The lowest BCUT2D eigenvalue weighted by Crippen LogP contribution is -2.47. The van der Waals surface area contributed by atoms with Crippen molar-refractivity contribution in [2.24, 2.45) is 0 Å². The van der Waals surface area contributed by atoms with Crippen LogP contribution >= 0.6 is 23.2 Å². The van der Waals surface area contributed by atoms with E-state index in [0.717, 1.165) is 0 Å². The summed E-state index contributed by atoms with van der Waals surface area (Å²) in [6, 6.07) is 16.8. The van der Waals surface area contributed by atoms with Gasteiger partial charge < -0.3 is 15.2 Å². The molecule has 3 rings (SSSR count). The van der Waals surface area contributed by atoms with Crippen molar-refractivity contribution in [1.29, 1.82) is 0 Å². The maximum absolute atomic E-state index is 13.0. The van der Waals surface area contributed by atoms with Gasteiger partial charge in [0.05, 0.1) is 11.3 Å². The van der Waals surface area contributed by atoms with Crippen LogP contribution in [-0.2, 0) is 26.0 Å². The number of rotatable bonds is 10. The van der Waals surface area contributed by atoms with Gasteiger partial charge in [0.1, 0.15) is 18.4 Å². The molecular weight excluding hydrogens is 503 g/mol. The van der Waals surface area contributed by atoms with Crippen LogP contribution in [0.3, 0.4) is 0 Å². The van der Waals surface area contributed by atoms with Crippen LogP contribution in [0.15, 0.2) is 77.7 Å². The average molecular weight is 523 g/mol. The number of ether oxygens (including phenoxy) is 1. The van der Waals surface area contributed by atoms with Gasteiger partial charge in [0, 0.05) is 15.7 Å². The zero-order valence-electron chi connectivity index (χ0n) is 17.6. The Balaban J connectivity index is 1.78. The third-order valence-corrected chi connectivity index (χ3v) is 6.50. The standard InChI is InChI=1S/C23H20Cl2N2O6S/c24-16-6-10-20(11-7-16)34(31,32)27-21(14-33-19-3-1-2-17(25)13-19)23(30)26-18-8-4-15(5-9-18)12-22(28)29/h1-11,13,21,27H,12,14H2,(H,26,30)(H,28,29)/t21-/m0/s1. The molecule has 3 aromatic carbocycles. The fraction of sp³-hybridized carbons (Fsp3) is 0.130. The summed E-state index contributed by atoms with van der Waals surface area (Å²) in [6.45, 7) is -0.323. The van der Waals surface area contributed by atoms with Gasteiger partial charge in [0.2, 0.25) is 15.9 Å². The number of anilines is 1. The highest BCUT2D eigenvalue weighted by molar-refractivity contribution is 7.89. The Morgan fingerprint density at radius 2 is 1.62 bits per heavy atom. The van der Waals surface area contributed by atoms with E-state index in [2.05, 4.69) is 10.0 Å². The van der Waals surface area contributed by atoms with Crippen molar-refractivity contribution >= 4 is 50.8 Å². The topological polar surface area (TPSA) is 122 Å². The summed E-state index contributed by atoms with van der Waals surface area (Å²) in [5.41, 5.74) is 0.910. The van der Waals surface area contributed by atoms with Crippen LogP contribution in [-0.4, -0.2) is 38.0 Å². The first kappa shape index (κ1) is 25.5. The molecule has 0 bridgehead atoms. The SMILES string of the molecule is O=C(O)Cc1ccc(NC(=O)[C@H](COc2cccc(Cl)c2)NS(=O)(=O)c2ccc(Cl)cc2)cc1. The molecule has 178 valence electrons. The number of carbonyl (C=O) groups is 2. The van der Waals surface area contributed by atoms with Crippen molar-refractivity contribution in [1.82, 2.24) is 4.72 Å². The maximum atomic E-state index is 13.0. The van der Waals surface area contributed by atoms with Crippen molar-refractivity contribution in [3.8, 4) is 5.75 Å². The molecule has 8 nitrogen and oxygen atoms in total. The minimum Gasteiger partial charge on any atom is -0.491 e. The molecule has 0 fully saturated rings. The summed E-state index contributed by atoms with van der Waals surface area (Å²) in [4.78, 5) is 23.7. The minimum atomic E-state index is -4.09. The van der Waals surface area contributed by atoms with Gasteiger partial charge in [-0.15, -0.1) is 0 Å². The van der Waals surface area contributed by atoms with E-state index in [1.165, 1.54) is 42.5 Å². The van der Waals surface area contributed by atoms with Gasteiger partial charge >= 0.3 is 5.97 Å². The Hall–Kier alpha value is -3.11. The Morgan fingerprint density at radius 3 is 2.24 bits per heavy atom. The monoisotopic (exact) mass is 522 g/mol. The minimum absolute atomic E-state index is 0.0736. The summed E-state index contributed by atoms with van der Waals surface area (Å²) in [7, 11) is -4.09. The molecule has 34 heavy (non-hydrogen) atoms. The van der Waals surface area contributed by atoms with Crippen molar-refractivity contribution in [2.45, 2.75) is 17.4 Å². The van der Waals surface area contributed by atoms with E-state index < -0.39 is 27.9 Å². The van der Waals surface area contributed by atoms with Gasteiger partial charge in [-0.1, -0.05) is 41.4 Å². The van der Waals surface area contributed by atoms with E-state index in [9.17, 15) is 18.0 Å². The molecule has 1 amide bonds. The molecule has 0 spiro atoms. The van der Waals surface area contributed by atoms with Crippen LogP contribution in [0.5, 0.6) is 5.75 Å². The second-order valence-corrected chi connectivity index (χ2v) is 9.74. The molecule has 0 aromatic heterocycles. The van der Waals surface area contributed by atoms with Crippen LogP contribution in [0.1, 0.15) is 5.56 Å². The molecule has 0 aliphatic carbocycles. The van der Waals surface area contributed by atoms with Crippen LogP contribution in [0.25, 0.3) is 0 Å². The van der Waals surface area contributed by atoms with Gasteiger partial charge in [-0.05, 0) is 60.2 Å². The third kappa shape index (κ3) is 7.46. The molecule has 0 heterocycles. The molecule has 0 saturated heterocycles. The fourth-order valence-corrected chi connectivity index (χ4v) is 4.36. The van der Waals surface area contributed by atoms with Crippen LogP contribution in [0.4, 0.5) is 5.69 Å². The number of aliphatic carboxylic acids is 1. The van der Waals surface area contributed by atoms with E-state index in [-0.39, 0.29) is 17.9 Å². The summed E-state index contributed by atoms with van der Waals surface area (Å²) >= 11 is 11.8. The fourth-order valence-electron chi connectivity index (χ4n) is 2.88. The Labute approximate surface area is 206 Å². The quantitative estimate of drug-likeness (QED) is 0.370. The molecule has 3 aromatic rings. The zero-order valence-corrected chi connectivity index (χ0v) is 19.9. The van der Waals surface area contributed by atoms with Gasteiger partial charge in [0.15, 0.2) is 0 Å². The first-order valence-corrected chi connectivity index (χ1v) is 12.1. The largest absolute Gasteiger partial charge is 0.491 e. The van der Waals surface area contributed by atoms with Gasteiger partial charge in [-0.2, -0.15) is 4.72 Å². The van der Waals surface area contributed by atoms with E-state index in [0.29, 0.717) is 27.0 Å². The zero-order chi connectivity index (χ0) is 24.7. The number of halogens is 2. The number of benzene rings is 3. The Morgan fingerprint density at radius 1 is 0.941 bits per heavy atom. The molecule has 0 unspecified atom stereocenters. The lowest BCUT2D eigenvalue weighted by atomic mass is 10.1. The van der Waals surface area contributed by atoms with E-state index in [1.807, 2.05) is 0 Å². The second kappa shape index (κ2) is 11.3. The predicted molar refractivity (Wildman–Crippen MR) is 129 cm³/mol. The molecular formula is C23H20Cl2N2O6S. The Kier molecular flexibility index (Phi) is 8.51. The first-order chi connectivity index (χ1) is 16.1. The lowest BCUT2D eigenvalue weighted by molar-refractivity contribution is -0.136. The third-order valence-electron chi connectivity index (χ3n) is 4.53. The number of carboxylic acids is 1. The molecule has 3 N–H and O–H groups in total. The summed E-state index contributed by atoms with van der Waals surface area (Å²) in [5.74, 6) is -1.30. The van der Waals surface area contributed by atoms with E-state index in [4.69, 9.17) is 33.0 Å². The first-order valence-electron chi connectivity index (χ1n) is 9.90. The van der Waals surface area contributed by atoms with E-state index in [1.54, 1.807) is 30.3 Å². The Bertz CT molecular complexity index is 1270. The molecule has 0 saturated carbocycles. The number of carboxylic acid groups (broad SMARTS) is 1. The highest BCUT2D eigenvalue weighted by Crippen LogP contribution is 2.19. The van der Waals surface area contributed by atoms with Gasteiger partial charge in [-0.25, -0.2) is 8.42 Å². The number of sulfonamides is 1. The average Bonchev–Trinajstić information content (AvgIpc) is 2.78. The molecule has 0 aliphatic heterocycles. The van der Waals surface area contributed by atoms with Gasteiger partial charge in [0.25, 0.3) is 0 Å². The van der Waals surface area contributed by atoms with Gasteiger partial charge in [-0.3, -0.25) is 9.59 Å². The highest BCUT2D eigenvalue weighted by atomic mass is 35.5. The number of hydrogen-bond acceptors (Lipinski definition) is 5.